The van der Waals surface area contributed by atoms with Crippen molar-refractivity contribution >= 4 is 15.9 Å². The second-order valence-corrected chi connectivity index (χ2v) is 5.23. The van der Waals surface area contributed by atoms with Gasteiger partial charge in [0.25, 0.3) is 0 Å². The smallest absolute Gasteiger partial charge is 0.213 e. The minimum atomic E-state index is 0.439. The molecule has 0 unspecified atom stereocenters. The third kappa shape index (κ3) is 2.51. The first-order valence-electron chi connectivity index (χ1n) is 5.48. The molecule has 1 saturated carbocycles. The van der Waals surface area contributed by atoms with Crippen LogP contribution in [-0.4, -0.2) is 11.6 Å². The average Bonchev–Trinajstić information content (AvgIpc) is 2.20. The van der Waals surface area contributed by atoms with Gasteiger partial charge in [-0.15, -0.1) is 0 Å². The van der Waals surface area contributed by atoms with Crippen molar-refractivity contribution in [3.63, 3.8) is 0 Å². The van der Waals surface area contributed by atoms with Gasteiger partial charge in [-0.1, -0.05) is 13.3 Å². The van der Waals surface area contributed by atoms with Gasteiger partial charge < -0.3 is 4.74 Å². The molecule has 0 atom stereocenters. The van der Waals surface area contributed by atoms with Crippen LogP contribution in [-0.2, 0) is 0 Å². The van der Waals surface area contributed by atoms with E-state index in [9.17, 15) is 0 Å². The Morgan fingerprint density at radius 2 is 2.27 bits per heavy atom. The Balaban J connectivity index is 1.90. The Morgan fingerprint density at radius 3 is 2.73 bits per heavy atom. The molecular formula is C12H16BrNO. The minimum absolute atomic E-state index is 0.439. The van der Waals surface area contributed by atoms with Crippen LogP contribution in [0.2, 0.25) is 0 Å². The molecule has 0 amide bonds. The highest BCUT2D eigenvalue weighted by Crippen LogP contribution is 2.43. The topological polar surface area (TPSA) is 22.1 Å². The largest absolute Gasteiger partial charge is 0.477 e. The Kier molecular flexibility index (Phi) is 3.29. The fraction of sp³-hybridized carbons (Fsp3) is 0.583. The van der Waals surface area contributed by atoms with E-state index in [0.29, 0.717) is 5.41 Å². The van der Waals surface area contributed by atoms with Gasteiger partial charge in [-0.05, 0) is 41.3 Å². The molecule has 0 saturated heterocycles. The zero-order chi connectivity index (χ0) is 10.7. The highest BCUT2D eigenvalue weighted by Gasteiger charge is 2.35. The molecule has 1 aromatic rings. The Morgan fingerprint density at radius 1 is 1.47 bits per heavy atom. The lowest BCUT2D eigenvalue weighted by Crippen LogP contribution is -2.35. The van der Waals surface area contributed by atoms with E-state index in [1.807, 2.05) is 12.1 Å². The molecule has 0 aliphatic heterocycles. The quantitative estimate of drug-likeness (QED) is 0.830. The molecule has 1 aliphatic carbocycles. The van der Waals surface area contributed by atoms with E-state index in [2.05, 4.69) is 27.8 Å². The molecule has 3 heteroatoms. The SMILES string of the molecule is CCC1(COc2ccc(Br)cn2)CCC1. The van der Waals surface area contributed by atoms with Crippen LogP contribution in [0.4, 0.5) is 0 Å². The number of rotatable bonds is 4. The first kappa shape index (κ1) is 10.9. The normalized spacial score (nSPS) is 18.3. The maximum absolute atomic E-state index is 5.73. The number of ether oxygens (including phenoxy) is 1. The summed E-state index contributed by atoms with van der Waals surface area (Å²) in [5, 5.41) is 0. The standard InChI is InChI=1S/C12H16BrNO/c1-2-12(6-3-7-12)9-15-11-5-4-10(13)8-14-11/h4-5,8H,2-3,6-7,9H2,1H3. The molecule has 1 heterocycles. The van der Waals surface area contributed by atoms with Gasteiger partial charge in [-0.25, -0.2) is 4.98 Å². The molecule has 2 rings (SSSR count). The van der Waals surface area contributed by atoms with Crippen molar-refractivity contribution < 1.29 is 4.74 Å². The third-order valence-electron chi connectivity index (χ3n) is 3.39. The Hall–Kier alpha value is -0.570. The summed E-state index contributed by atoms with van der Waals surface area (Å²) in [6.07, 6.45) is 6.95. The van der Waals surface area contributed by atoms with Crippen LogP contribution in [0.25, 0.3) is 0 Å². The van der Waals surface area contributed by atoms with Crippen molar-refractivity contribution in [2.45, 2.75) is 32.6 Å². The number of hydrogen-bond donors (Lipinski definition) is 0. The van der Waals surface area contributed by atoms with E-state index in [1.165, 1.54) is 25.7 Å². The molecule has 1 aromatic heterocycles. The first-order chi connectivity index (χ1) is 7.24. The molecule has 0 radical (unpaired) electrons. The fourth-order valence-electron chi connectivity index (χ4n) is 1.95. The predicted molar refractivity (Wildman–Crippen MR) is 64.0 cm³/mol. The number of aromatic nitrogens is 1. The molecule has 0 bridgehead atoms. The molecule has 2 nitrogen and oxygen atoms in total. The summed E-state index contributed by atoms with van der Waals surface area (Å²) in [5.74, 6) is 0.734. The molecule has 82 valence electrons. The summed E-state index contributed by atoms with van der Waals surface area (Å²) in [6.45, 7) is 3.07. The predicted octanol–water partition coefficient (Wildman–Crippen LogP) is 3.80. The van der Waals surface area contributed by atoms with Gasteiger partial charge in [0.05, 0.1) is 6.61 Å². The summed E-state index contributed by atoms with van der Waals surface area (Å²) >= 11 is 3.36. The highest BCUT2D eigenvalue weighted by molar-refractivity contribution is 9.10. The molecule has 0 N–H and O–H groups in total. The van der Waals surface area contributed by atoms with E-state index >= 15 is 0 Å². The van der Waals surface area contributed by atoms with Crippen molar-refractivity contribution in [1.82, 2.24) is 4.98 Å². The highest BCUT2D eigenvalue weighted by atomic mass is 79.9. The van der Waals surface area contributed by atoms with Crippen LogP contribution < -0.4 is 4.74 Å². The monoisotopic (exact) mass is 269 g/mol. The van der Waals surface area contributed by atoms with Crippen molar-refractivity contribution in [3.05, 3.63) is 22.8 Å². The average molecular weight is 270 g/mol. The van der Waals surface area contributed by atoms with Gasteiger partial charge in [0, 0.05) is 22.2 Å². The van der Waals surface area contributed by atoms with Gasteiger partial charge in [0.2, 0.25) is 5.88 Å². The summed E-state index contributed by atoms with van der Waals surface area (Å²) in [6, 6.07) is 3.87. The number of pyridine rings is 1. The third-order valence-corrected chi connectivity index (χ3v) is 3.86. The van der Waals surface area contributed by atoms with Gasteiger partial charge >= 0.3 is 0 Å². The lowest BCUT2D eigenvalue weighted by Gasteiger charge is -2.40. The molecular weight excluding hydrogens is 254 g/mol. The summed E-state index contributed by atoms with van der Waals surface area (Å²) in [7, 11) is 0. The van der Waals surface area contributed by atoms with Crippen molar-refractivity contribution in [3.8, 4) is 5.88 Å². The van der Waals surface area contributed by atoms with Crippen molar-refractivity contribution in [1.29, 1.82) is 0 Å². The number of hydrogen-bond acceptors (Lipinski definition) is 2. The second kappa shape index (κ2) is 4.52. The first-order valence-corrected chi connectivity index (χ1v) is 6.28. The van der Waals surface area contributed by atoms with Crippen LogP contribution >= 0.6 is 15.9 Å². The molecule has 0 spiro atoms. The van der Waals surface area contributed by atoms with Gasteiger partial charge in [-0.3, -0.25) is 0 Å². The molecule has 0 aromatic carbocycles. The number of nitrogens with zero attached hydrogens (tertiary/aromatic N) is 1. The summed E-state index contributed by atoms with van der Waals surface area (Å²) < 4.78 is 6.72. The van der Waals surface area contributed by atoms with E-state index in [4.69, 9.17) is 4.74 Å². The van der Waals surface area contributed by atoms with E-state index < -0.39 is 0 Å². The van der Waals surface area contributed by atoms with Crippen LogP contribution in [0.15, 0.2) is 22.8 Å². The maximum atomic E-state index is 5.73. The van der Waals surface area contributed by atoms with E-state index in [0.717, 1.165) is 17.0 Å². The zero-order valence-electron chi connectivity index (χ0n) is 9.00. The van der Waals surface area contributed by atoms with Crippen LogP contribution in [0.1, 0.15) is 32.6 Å². The fourth-order valence-corrected chi connectivity index (χ4v) is 2.19. The zero-order valence-corrected chi connectivity index (χ0v) is 10.6. The lowest BCUT2D eigenvalue weighted by molar-refractivity contribution is 0.0515. The Labute approximate surface area is 99.2 Å². The van der Waals surface area contributed by atoms with E-state index in [1.54, 1.807) is 6.20 Å². The lowest BCUT2D eigenvalue weighted by atomic mass is 9.68. The van der Waals surface area contributed by atoms with Crippen LogP contribution in [0.5, 0.6) is 5.88 Å². The summed E-state index contributed by atoms with van der Waals surface area (Å²) in [4.78, 5) is 4.20. The van der Waals surface area contributed by atoms with Crippen molar-refractivity contribution in [2.24, 2.45) is 5.41 Å². The number of halogens is 1. The van der Waals surface area contributed by atoms with Crippen molar-refractivity contribution in [2.75, 3.05) is 6.61 Å². The molecule has 1 aliphatic rings. The van der Waals surface area contributed by atoms with Gasteiger partial charge in [0.15, 0.2) is 0 Å². The van der Waals surface area contributed by atoms with Crippen LogP contribution in [0, 0.1) is 5.41 Å². The second-order valence-electron chi connectivity index (χ2n) is 4.31. The molecule has 1 fully saturated rings. The Bertz CT molecular complexity index is 313. The maximum Gasteiger partial charge on any atom is 0.213 e. The molecule has 15 heavy (non-hydrogen) atoms. The van der Waals surface area contributed by atoms with E-state index in [-0.39, 0.29) is 0 Å². The minimum Gasteiger partial charge on any atom is -0.477 e. The van der Waals surface area contributed by atoms with Gasteiger partial charge in [-0.2, -0.15) is 0 Å². The van der Waals surface area contributed by atoms with Crippen LogP contribution in [0.3, 0.4) is 0 Å². The van der Waals surface area contributed by atoms with Gasteiger partial charge in [0.1, 0.15) is 0 Å². The summed E-state index contributed by atoms with van der Waals surface area (Å²) in [5.41, 5.74) is 0.439.